The molecule has 0 radical (unpaired) electrons. The molecule has 1 aliphatic rings. The molecule has 2 aromatic carbocycles. The molecule has 0 unspecified atom stereocenters. The minimum Gasteiger partial charge on any atom is -0.369 e. The fourth-order valence-corrected chi connectivity index (χ4v) is 3.52. The van der Waals surface area contributed by atoms with Gasteiger partial charge in [-0.2, -0.15) is 0 Å². The van der Waals surface area contributed by atoms with Gasteiger partial charge < -0.3 is 10.2 Å². The normalized spacial score (nSPS) is 16.4. The van der Waals surface area contributed by atoms with Crippen LogP contribution in [0, 0.1) is 5.82 Å². The predicted molar refractivity (Wildman–Crippen MR) is 105 cm³/mol. The molecule has 1 atom stereocenters. The van der Waals surface area contributed by atoms with Gasteiger partial charge >= 0.3 is 0 Å². The van der Waals surface area contributed by atoms with Crippen LogP contribution in [-0.4, -0.2) is 43.0 Å². The van der Waals surface area contributed by atoms with Crippen LogP contribution in [0.15, 0.2) is 42.5 Å². The minimum absolute atomic E-state index is 0.143. The van der Waals surface area contributed by atoms with Gasteiger partial charge in [0, 0.05) is 31.9 Å². The molecule has 7 heteroatoms. The van der Waals surface area contributed by atoms with E-state index in [0.29, 0.717) is 15.7 Å². The fourth-order valence-electron chi connectivity index (χ4n) is 3.03. The van der Waals surface area contributed by atoms with E-state index in [1.807, 2.05) is 6.92 Å². The second kappa shape index (κ2) is 8.25. The lowest BCUT2D eigenvalue weighted by atomic mass is 10.2. The van der Waals surface area contributed by atoms with Crippen molar-refractivity contribution in [3.8, 4) is 0 Å². The van der Waals surface area contributed by atoms with Crippen molar-refractivity contribution in [2.45, 2.75) is 13.0 Å². The number of amides is 1. The van der Waals surface area contributed by atoms with Crippen LogP contribution in [0.25, 0.3) is 0 Å². The number of halogens is 3. The van der Waals surface area contributed by atoms with Gasteiger partial charge in [0.2, 0.25) is 5.91 Å². The van der Waals surface area contributed by atoms with E-state index < -0.39 is 0 Å². The number of carbonyl (C=O) groups excluding carboxylic acids is 1. The number of rotatable bonds is 4. The maximum absolute atomic E-state index is 13.1. The van der Waals surface area contributed by atoms with E-state index in [2.05, 4.69) is 15.1 Å². The van der Waals surface area contributed by atoms with Gasteiger partial charge in [-0.25, -0.2) is 4.39 Å². The Labute approximate surface area is 162 Å². The van der Waals surface area contributed by atoms with Crippen molar-refractivity contribution < 1.29 is 9.18 Å². The third kappa shape index (κ3) is 4.29. The highest BCUT2D eigenvalue weighted by molar-refractivity contribution is 6.39. The summed E-state index contributed by atoms with van der Waals surface area (Å²) < 4.78 is 13.1. The first kappa shape index (κ1) is 19.0. The van der Waals surface area contributed by atoms with Crippen LogP contribution in [0.4, 0.5) is 15.8 Å². The monoisotopic (exact) mass is 395 g/mol. The number of hydrogen-bond donors (Lipinski definition) is 1. The molecule has 1 saturated heterocycles. The molecule has 0 aromatic heterocycles. The Kier molecular flexibility index (Phi) is 6.01. The molecule has 1 aliphatic heterocycles. The summed E-state index contributed by atoms with van der Waals surface area (Å²) in [6.07, 6.45) is 0. The Hall–Kier alpha value is -1.82. The summed E-state index contributed by atoms with van der Waals surface area (Å²) in [5.41, 5.74) is 1.43. The van der Waals surface area contributed by atoms with E-state index in [4.69, 9.17) is 23.2 Å². The van der Waals surface area contributed by atoms with Crippen LogP contribution in [0.2, 0.25) is 10.0 Å². The van der Waals surface area contributed by atoms with Gasteiger partial charge in [0.25, 0.3) is 0 Å². The van der Waals surface area contributed by atoms with Crippen LogP contribution >= 0.6 is 23.2 Å². The maximum atomic E-state index is 13.1. The van der Waals surface area contributed by atoms with Crippen LogP contribution < -0.4 is 10.2 Å². The molecule has 1 amide bonds. The average Bonchev–Trinajstić information content (AvgIpc) is 2.65. The van der Waals surface area contributed by atoms with Gasteiger partial charge in [0.1, 0.15) is 5.82 Å². The van der Waals surface area contributed by atoms with Gasteiger partial charge in [0.15, 0.2) is 0 Å². The number of para-hydroxylation sites is 1. The second-order valence-electron chi connectivity index (χ2n) is 6.26. The average molecular weight is 396 g/mol. The zero-order chi connectivity index (χ0) is 18.7. The fraction of sp³-hybridized carbons (Fsp3) is 0.316. The van der Waals surface area contributed by atoms with Crippen molar-refractivity contribution in [3.05, 3.63) is 58.3 Å². The summed E-state index contributed by atoms with van der Waals surface area (Å²) in [5.74, 6) is -0.383. The second-order valence-corrected chi connectivity index (χ2v) is 7.08. The molecule has 1 heterocycles. The molecule has 2 aromatic rings. The number of nitrogens with zero attached hydrogens (tertiary/aromatic N) is 2. The summed E-state index contributed by atoms with van der Waals surface area (Å²) in [6, 6.07) is 11.3. The zero-order valence-electron chi connectivity index (χ0n) is 14.4. The van der Waals surface area contributed by atoms with E-state index in [1.165, 1.54) is 12.1 Å². The lowest BCUT2D eigenvalue weighted by Crippen LogP contribution is -2.52. The first-order valence-corrected chi connectivity index (χ1v) is 9.21. The number of benzene rings is 2. The first-order valence-electron chi connectivity index (χ1n) is 8.45. The lowest BCUT2D eigenvalue weighted by molar-refractivity contribution is -0.120. The topological polar surface area (TPSA) is 35.6 Å². The van der Waals surface area contributed by atoms with E-state index >= 15 is 0 Å². The Morgan fingerprint density at radius 1 is 1.04 bits per heavy atom. The number of piperazine rings is 1. The lowest BCUT2D eigenvalue weighted by Gasteiger charge is -2.38. The van der Waals surface area contributed by atoms with E-state index in [9.17, 15) is 9.18 Å². The third-order valence-electron chi connectivity index (χ3n) is 4.64. The molecule has 138 valence electrons. The summed E-state index contributed by atoms with van der Waals surface area (Å²) in [6.45, 7) is 4.89. The van der Waals surface area contributed by atoms with Gasteiger partial charge in [-0.1, -0.05) is 29.3 Å². The molecule has 4 nitrogen and oxygen atoms in total. The summed E-state index contributed by atoms with van der Waals surface area (Å²) in [4.78, 5) is 16.9. The van der Waals surface area contributed by atoms with Crippen molar-refractivity contribution in [1.82, 2.24) is 4.90 Å². The van der Waals surface area contributed by atoms with Crippen molar-refractivity contribution in [2.75, 3.05) is 36.4 Å². The number of hydrogen-bond acceptors (Lipinski definition) is 3. The van der Waals surface area contributed by atoms with Crippen molar-refractivity contribution in [1.29, 1.82) is 0 Å². The summed E-state index contributed by atoms with van der Waals surface area (Å²) in [5, 5.41) is 3.66. The Morgan fingerprint density at radius 2 is 1.62 bits per heavy atom. The van der Waals surface area contributed by atoms with Gasteiger partial charge in [-0.3, -0.25) is 9.69 Å². The minimum atomic E-state index is -0.308. The van der Waals surface area contributed by atoms with E-state index in [0.717, 1.165) is 31.9 Å². The van der Waals surface area contributed by atoms with Crippen molar-refractivity contribution in [3.63, 3.8) is 0 Å². The molecule has 3 rings (SSSR count). The zero-order valence-corrected chi connectivity index (χ0v) is 15.9. The highest BCUT2D eigenvalue weighted by Gasteiger charge is 2.26. The maximum Gasteiger partial charge on any atom is 0.241 e. The molecule has 0 saturated carbocycles. The largest absolute Gasteiger partial charge is 0.369 e. The van der Waals surface area contributed by atoms with Crippen LogP contribution in [0.5, 0.6) is 0 Å². The van der Waals surface area contributed by atoms with E-state index in [1.54, 1.807) is 30.3 Å². The molecular weight excluding hydrogens is 376 g/mol. The molecule has 0 aliphatic carbocycles. The van der Waals surface area contributed by atoms with Gasteiger partial charge in [-0.05, 0) is 43.3 Å². The smallest absolute Gasteiger partial charge is 0.241 e. The molecule has 1 N–H and O–H groups in total. The predicted octanol–water partition coefficient (Wildman–Crippen LogP) is 4.28. The first-order chi connectivity index (χ1) is 12.5. The number of carbonyl (C=O) groups is 1. The van der Waals surface area contributed by atoms with Gasteiger partial charge in [0.05, 0.1) is 21.8 Å². The van der Waals surface area contributed by atoms with E-state index in [-0.39, 0.29) is 17.8 Å². The molecule has 0 bridgehead atoms. The van der Waals surface area contributed by atoms with Gasteiger partial charge in [-0.15, -0.1) is 0 Å². The quantitative estimate of drug-likeness (QED) is 0.838. The number of anilines is 2. The van der Waals surface area contributed by atoms with Crippen LogP contribution in [-0.2, 0) is 4.79 Å². The van der Waals surface area contributed by atoms with Crippen molar-refractivity contribution >= 4 is 40.5 Å². The van der Waals surface area contributed by atoms with Crippen LogP contribution in [0.3, 0.4) is 0 Å². The highest BCUT2D eigenvalue weighted by atomic mass is 35.5. The SMILES string of the molecule is C[C@H](C(=O)Nc1c(Cl)cccc1Cl)N1CCN(c2ccc(F)cc2)CC1. The standard InChI is InChI=1S/C19H20Cl2FN3O/c1-13(19(26)23-18-16(20)3-2-4-17(18)21)24-9-11-25(12-10-24)15-7-5-14(22)6-8-15/h2-8,13H,9-12H2,1H3,(H,23,26)/t13-/m1/s1. The number of nitrogens with one attached hydrogen (secondary N) is 1. The molecule has 0 spiro atoms. The Morgan fingerprint density at radius 3 is 2.19 bits per heavy atom. The summed E-state index contributed by atoms with van der Waals surface area (Å²) >= 11 is 12.2. The Balaban J connectivity index is 1.58. The molecular formula is C19H20Cl2FN3O. The molecule has 26 heavy (non-hydrogen) atoms. The third-order valence-corrected chi connectivity index (χ3v) is 5.27. The highest BCUT2D eigenvalue weighted by Crippen LogP contribution is 2.30. The van der Waals surface area contributed by atoms with Crippen LogP contribution in [0.1, 0.15) is 6.92 Å². The Bertz CT molecular complexity index is 757. The summed E-state index contributed by atoms with van der Waals surface area (Å²) in [7, 11) is 0. The van der Waals surface area contributed by atoms with Crippen molar-refractivity contribution in [2.24, 2.45) is 0 Å². The molecule has 1 fully saturated rings.